The largest absolute Gasteiger partial charge is 0.282 e. The molecule has 2 heterocycles. The lowest BCUT2D eigenvalue weighted by Gasteiger charge is -1.92. The van der Waals surface area contributed by atoms with Crippen molar-refractivity contribution in [2.24, 2.45) is 4.99 Å². The van der Waals surface area contributed by atoms with Crippen LogP contribution >= 0.6 is 22.9 Å². The molecule has 17 heavy (non-hydrogen) atoms. The molecule has 0 amide bonds. The van der Waals surface area contributed by atoms with Gasteiger partial charge in [0.2, 0.25) is 0 Å². The predicted molar refractivity (Wildman–Crippen MR) is 69.2 cm³/mol. The van der Waals surface area contributed by atoms with Crippen molar-refractivity contribution in [3.8, 4) is 0 Å². The number of benzene rings is 1. The summed E-state index contributed by atoms with van der Waals surface area (Å²) in [7, 11) is 0. The molecule has 0 aliphatic carbocycles. The minimum Gasteiger partial charge on any atom is -0.282 e. The fourth-order valence-corrected chi connectivity index (χ4v) is 3.04. The maximum atomic E-state index is 12.0. The number of hydrogen-bond acceptors (Lipinski definition) is 3. The van der Waals surface area contributed by atoms with Gasteiger partial charge in [0.1, 0.15) is 0 Å². The van der Waals surface area contributed by atoms with Gasteiger partial charge < -0.3 is 0 Å². The van der Waals surface area contributed by atoms with Crippen LogP contribution < -0.4 is 14.9 Å². The summed E-state index contributed by atoms with van der Waals surface area (Å²) in [6, 6.07) is 7.46. The molecule has 1 aromatic carbocycles. The van der Waals surface area contributed by atoms with Gasteiger partial charge in [0.05, 0.1) is 11.1 Å². The highest BCUT2D eigenvalue weighted by molar-refractivity contribution is 7.07. The van der Waals surface area contributed by atoms with Crippen LogP contribution in [-0.4, -0.2) is 11.1 Å². The highest BCUT2D eigenvalue weighted by Crippen LogP contribution is 2.10. The molecule has 0 saturated heterocycles. The van der Waals surface area contributed by atoms with E-state index >= 15 is 0 Å². The first-order valence-electron chi connectivity index (χ1n) is 5.25. The second-order valence-electron chi connectivity index (χ2n) is 3.79. The van der Waals surface area contributed by atoms with Crippen molar-refractivity contribution in [1.29, 1.82) is 0 Å². The summed E-state index contributed by atoms with van der Waals surface area (Å²) < 4.78 is 2.44. The van der Waals surface area contributed by atoms with Gasteiger partial charge in [-0.1, -0.05) is 35.1 Å². The molecule has 5 heteroatoms. The SMILES string of the molecule is O=c1/c(=C/c2cccc(Cl)c2)sc2n1CCN=2. The second kappa shape index (κ2) is 4.13. The third kappa shape index (κ3) is 1.94. The highest BCUT2D eigenvalue weighted by atomic mass is 35.5. The lowest BCUT2D eigenvalue weighted by Crippen LogP contribution is -2.29. The quantitative estimate of drug-likeness (QED) is 0.757. The molecule has 1 aromatic heterocycles. The lowest BCUT2D eigenvalue weighted by molar-refractivity contribution is 0.740. The molecule has 3 nitrogen and oxygen atoms in total. The molecule has 0 bridgehead atoms. The number of thiazole rings is 1. The molecule has 0 N–H and O–H groups in total. The van der Waals surface area contributed by atoms with Gasteiger partial charge in [0.15, 0.2) is 4.80 Å². The van der Waals surface area contributed by atoms with Crippen molar-refractivity contribution in [2.75, 3.05) is 6.54 Å². The van der Waals surface area contributed by atoms with Gasteiger partial charge in [-0.15, -0.1) is 0 Å². The molecule has 0 radical (unpaired) electrons. The Morgan fingerprint density at radius 1 is 1.47 bits per heavy atom. The third-order valence-electron chi connectivity index (χ3n) is 2.61. The van der Waals surface area contributed by atoms with Gasteiger partial charge in [-0.05, 0) is 23.8 Å². The molecule has 0 atom stereocenters. The summed E-state index contributed by atoms with van der Waals surface area (Å²) in [4.78, 5) is 17.1. The Balaban J connectivity index is 2.20. The Bertz CT molecular complexity index is 745. The number of aromatic nitrogens is 1. The van der Waals surface area contributed by atoms with E-state index in [1.54, 1.807) is 4.57 Å². The molecule has 0 spiro atoms. The van der Waals surface area contributed by atoms with E-state index in [0.29, 0.717) is 16.1 Å². The molecule has 2 aromatic rings. The summed E-state index contributed by atoms with van der Waals surface area (Å²) >= 11 is 7.34. The van der Waals surface area contributed by atoms with E-state index in [2.05, 4.69) is 4.99 Å². The van der Waals surface area contributed by atoms with Crippen LogP contribution in [0.5, 0.6) is 0 Å². The van der Waals surface area contributed by atoms with Crippen LogP contribution in [0.1, 0.15) is 5.56 Å². The highest BCUT2D eigenvalue weighted by Gasteiger charge is 2.09. The van der Waals surface area contributed by atoms with Gasteiger partial charge in [0.25, 0.3) is 5.56 Å². The fraction of sp³-hybridized carbons (Fsp3) is 0.167. The van der Waals surface area contributed by atoms with Crippen LogP contribution in [0.4, 0.5) is 0 Å². The second-order valence-corrected chi connectivity index (χ2v) is 5.23. The summed E-state index contributed by atoms with van der Waals surface area (Å²) in [5, 5.41) is 0.674. The zero-order valence-corrected chi connectivity index (χ0v) is 10.5. The number of hydrogen-bond donors (Lipinski definition) is 0. The third-order valence-corrected chi connectivity index (χ3v) is 3.88. The molecule has 3 rings (SSSR count). The maximum Gasteiger partial charge on any atom is 0.270 e. The van der Waals surface area contributed by atoms with E-state index in [0.717, 1.165) is 16.9 Å². The van der Waals surface area contributed by atoms with Crippen LogP contribution in [0.2, 0.25) is 5.02 Å². The monoisotopic (exact) mass is 264 g/mol. The smallest absolute Gasteiger partial charge is 0.270 e. The van der Waals surface area contributed by atoms with Crippen LogP contribution in [-0.2, 0) is 6.54 Å². The minimum absolute atomic E-state index is 0.0474. The van der Waals surface area contributed by atoms with E-state index < -0.39 is 0 Å². The fourth-order valence-electron chi connectivity index (χ4n) is 1.82. The van der Waals surface area contributed by atoms with Gasteiger partial charge in [-0.3, -0.25) is 14.4 Å². The van der Waals surface area contributed by atoms with Crippen molar-refractivity contribution < 1.29 is 0 Å². The van der Waals surface area contributed by atoms with E-state index in [1.807, 2.05) is 30.3 Å². The minimum atomic E-state index is 0.0474. The van der Waals surface area contributed by atoms with Crippen molar-refractivity contribution in [1.82, 2.24) is 4.57 Å². The molecule has 0 saturated carbocycles. The molecule has 1 aliphatic rings. The zero-order chi connectivity index (χ0) is 11.8. The summed E-state index contributed by atoms with van der Waals surface area (Å²) in [5.74, 6) is 0. The van der Waals surface area contributed by atoms with E-state index in [9.17, 15) is 4.79 Å². The van der Waals surface area contributed by atoms with Gasteiger partial charge >= 0.3 is 0 Å². The predicted octanol–water partition coefficient (Wildman–Crippen LogP) is 1.03. The van der Waals surface area contributed by atoms with Crippen molar-refractivity contribution in [3.05, 3.63) is 54.5 Å². The first-order valence-corrected chi connectivity index (χ1v) is 6.45. The van der Waals surface area contributed by atoms with Crippen molar-refractivity contribution in [2.45, 2.75) is 6.54 Å². The van der Waals surface area contributed by atoms with Crippen molar-refractivity contribution >= 4 is 29.0 Å². The Hall–Kier alpha value is -1.39. The molecule has 0 fully saturated rings. The summed E-state index contributed by atoms with van der Waals surface area (Å²) in [6.45, 7) is 1.42. The normalized spacial score (nSPS) is 14.8. The Morgan fingerprint density at radius 3 is 3.12 bits per heavy atom. The standard InChI is InChI=1S/C12H9ClN2OS/c13-9-3-1-2-8(6-9)7-10-11(16)15-5-4-14-12(15)17-10/h1-3,6-7H,4-5H2/b10-7-. The number of halogens is 1. The molecular formula is C12H9ClN2OS. The molecule has 86 valence electrons. The first-order chi connectivity index (χ1) is 8.24. The number of fused-ring (bicyclic) bond motifs is 1. The molecule has 0 unspecified atom stereocenters. The zero-order valence-electron chi connectivity index (χ0n) is 8.89. The van der Waals surface area contributed by atoms with Crippen LogP contribution in [0.3, 0.4) is 0 Å². The van der Waals surface area contributed by atoms with Crippen LogP contribution in [0.25, 0.3) is 6.08 Å². The topological polar surface area (TPSA) is 34.4 Å². The van der Waals surface area contributed by atoms with Crippen molar-refractivity contribution in [3.63, 3.8) is 0 Å². The van der Waals surface area contributed by atoms with E-state index in [4.69, 9.17) is 11.6 Å². The summed E-state index contributed by atoms with van der Waals surface area (Å²) in [6.07, 6.45) is 1.86. The van der Waals surface area contributed by atoms with Crippen LogP contribution in [0.15, 0.2) is 34.1 Å². The number of nitrogens with zero attached hydrogens (tertiary/aromatic N) is 2. The summed E-state index contributed by atoms with van der Waals surface area (Å²) in [5.41, 5.74) is 0.987. The van der Waals surface area contributed by atoms with Gasteiger partial charge in [-0.2, -0.15) is 0 Å². The number of rotatable bonds is 1. The molecular weight excluding hydrogens is 256 g/mol. The van der Waals surface area contributed by atoms with Gasteiger partial charge in [-0.25, -0.2) is 0 Å². The Morgan fingerprint density at radius 2 is 2.35 bits per heavy atom. The lowest BCUT2D eigenvalue weighted by atomic mass is 10.2. The molecule has 1 aliphatic heterocycles. The average molecular weight is 265 g/mol. The maximum absolute atomic E-state index is 12.0. The Kier molecular flexibility index (Phi) is 2.61. The van der Waals surface area contributed by atoms with E-state index in [-0.39, 0.29) is 5.56 Å². The average Bonchev–Trinajstić information content (AvgIpc) is 2.84. The van der Waals surface area contributed by atoms with Crippen LogP contribution in [0, 0.1) is 0 Å². The Labute approximate surface area is 106 Å². The van der Waals surface area contributed by atoms with E-state index in [1.165, 1.54) is 11.3 Å². The van der Waals surface area contributed by atoms with Gasteiger partial charge in [0, 0.05) is 11.6 Å². The first kappa shape index (κ1) is 10.7.